The average Bonchev–Trinajstić information content (AvgIpc) is 3.27. The highest BCUT2D eigenvalue weighted by atomic mass is 16.5. The van der Waals surface area contributed by atoms with Crippen LogP contribution in [0.1, 0.15) is 57.8 Å². The molecular formula is C28H38N4O6. The van der Waals surface area contributed by atoms with Crippen molar-refractivity contribution < 1.29 is 28.3 Å². The van der Waals surface area contributed by atoms with Gasteiger partial charge in [-0.05, 0) is 83.9 Å². The van der Waals surface area contributed by atoms with Crippen LogP contribution in [-0.2, 0) is 4.79 Å². The van der Waals surface area contributed by atoms with Crippen LogP contribution >= 0.6 is 0 Å². The standard InChI is InChI=1S/C28H38N4O6/c1-17(2)32(18(3)4)28(34)20-9-11-24(25(15-20)35-6)37-14-8-7-13-36-21-10-12-23-22(16-21)26(31-38-23)30-27(33)19(5)29/h9-12,15-19H,7-8,13-14,29H2,1-6H3,(H,30,31,33)/t19-/m0/s1. The quantitative estimate of drug-likeness (QED) is 0.309. The van der Waals surface area contributed by atoms with E-state index in [0.29, 0.717) is 52.8 Å². The van der Waals surface area contributed by atoms with Gasteiger partial charge in [-0.25, -0.2) is 0 Å². The summed E-state index contributed by atoms with van der Waals surface area (Å²) < 4.78 is 22.5. The molecule has 0 saturated heterocycles. The number of carbonyl (C=O) groups excluding carboxylic acids is 2. The molecule has 0 saturated carbocycles. The van der Waals surface area contributed by atoms with Gasteiger partial charge >= 0.3 is 0 Å². The van der Waals surface area contributed by atoms with Gasteiger partial charge in [0.15, 0.2) is 22.9 Å². The Bertz CT molecular complexity index is 1230. The SMILES string of the molecule is COc1cc(C(=O)N(C(C)C)C(C)C)ccc1OCCCCOc1ccc2onc(NC(=O)[C@H](C)N)c2c1. The topological polar surface area (TPSA) is 129 Å². The Morgan fingerprint density at radius 1 is 0.974 bits per heavy atom. The van der Waals surface area contributed by atoms with Crippen molar-refractivity contribution in [2.45, 2.75) is 65.6 Å². The Morgan fingerprint density at radius 3 is 2.29 bits per heavy atom. The fraction of sp³-hybridized carbons (Fsp3) is 0.464. The molecule has 3 N–H and O–H groups in total. The van der Waals surface area contributed by atoms with Gasteiger partial charge in [-0.1, -0.05) is 5.16 Å². The number of ether oxygens (including phenoxy) is 3. The zero-order valence-corrected chi connectivity index (χ0v) is 22.9. The number of nitrogens with two attached hydrogens (primary N) is 1. The van der Waals surface area contributed by atoms with Crippen LogP contribution in [0.25, 0.3) is 11.0 Å². The van der Waals surface area contributed by atoms with Crippen LogP contribution < -0.4 is 25.3 Å². The van der Waals surface area contributed by atoms with Gasteiger partial charge in [-0.3, -0.25) is 9.59 Å². The van der Waals surface area contributed by atoms with Crippen LogP contribution in [0.3, 0.4) is 0 Å². The Kier molecular flexibility index (Phi) is 9.95. The lowest BCUT2D eigenvalue weighted by molar-refractivity contribution is -0.117. The van der Waals surface area contributed by atoms with E-state index in [1.807, 2.05) is 32.6 Å². The molecule has 0 aliphatic carbocycles. The lowest BCUT2D eigenvalue weighted by atomic mass is 10.1. The minimum absolute atomic E-state index is 0.0372. The molecule has 0 spiro atoms. The molecule has 1 heterocycles. The molecule has 206 valence electrons. The molecule has 10 heteroatoms. The predicted molar refractivity (Wildman–Crippen MR) is 146 cm³/mol. The second-order valence-corrected chi connectivity index (χ2v) is 9.64. The Balaban J connectivity index is 1.50. The number of methoxy groups -OCH3 is 1. The van der Waals surface area contributed by atoms with Crippen LogP contribution in [0.5, 0.6) is 17.2 Å². The first kappa shape index (κ1) is 28.8. The van der Waals surface area contributed by atoms with Crippen molar-refractivity contribution in [3.8, 4) is 17.2 Å². The Labute approximate surface area is 223 Å². The summed E-state index contributed by atoms with van der Waals surface area (Å²) in [6.07, 6.45) is 1.51. The largest absolute Gasteiger partial charge is 0.494 e. The van der Waals surface area contributed by atoms with Crippen molar-refractivity contribution in [1.82, 2.24) is 10.1 Å². The molecule has 10 nitrogen and oxygen atoms in total. The average molecular weight is 527 g/mol. The molecule has 2 amide bonds. The van der Waals surface area contributed by atoms with E-state index in [2.05, 4.69) is 10.5 Å². The lowest BCUT2D eigenvalue weighted by Crippen LogP contribution is -2.42. The molecule has 0 aliphatic rings. The van der Waals surface area contributed by atoms with Crippen LogP contribution in [-0.4, -0.2) is 60.3 Å². The van der Waals surface area contributed by atoms with E-state index >= 15 is 0 Å². The van der Waals surface area contributed by atoms with Crippen molar-refractivity contribution in [3.05, 3.63) is 42.0 Å². The second kappa shape index (κ2) is 13.1. The summed E-state index contributed by atoms with van der Waals surface area (Å²) in [5.74, 6) is 1.67. The second-order valence-electron chi connectivity index (χ2n) is 9.64. The Morgan fingerprint density at radius 2 is 1.66 bits per heavy atom. The first-order chi connectivity index (χ1) is 18.1. The monoisotopic (exact) mass is 526 g/mol. The number of nitrogens with one attached hydrogen (secondary N) is 1. The number of benzene rings is 2. The van der Waals surface area contributed by atoms with Crippen molar-refractivity contribution >= 4 is 28.6 Å². The summed E-state index contributed by atoms with van der Waals surface area (Å²) >= 11 is 0. The fourth-order valence-corrected chi connectivity index (χ4v) is 4.04. The maximum atomic E-state index is 13.0. The van der Waals surface area contributed by atoms with Gasteiger partial charge < -0.3 is 34.7 Å². The van der Waals surface area contributed by atoms with E-state index in [1.54, 1.807) is 50.4 Å². The van der Waals surface area contributed by atoms with E-state index < -0.39 is 6.04 Å². The molecule has 0 fully saturated rings. The van der Waals surface area contributed by atoms with E-state index in [9.17, 15) is 9.59 Å². The maximum Gasteiger partial charge on any atom is 0.254 e. The summed E-state index contributed by atoms with van der Waals surface area (Å²) in [6.45, 7) is 10.6. The zero-order valence-electron chi connectivity index (χ0n) is 22.9. The van der Waals surface area contributed by atoms with Gasteiger partial charge in [0.25, 0.3) is 5.91 Å². The number of anilines is 1. The molecule has 3 aromatic rings. The first-order valence-electron chi connectivity index (χ1n) is 12.8. The molecule has 0 aliphatic heterocycles. The van der Waals surface area contributed by atoms with Gasteiger partial charge in [0.2, 0.25) is 5.91 Å². The van der Waals surface area contributed by atoms with Crippen LogP contribution in [0.4, 0.5) is 5.82 Å². The number of nitrogens with zero attached hydrogens (tertiary/aromatic N) is 2. The van der Waals surface area contributed by atoms with E-state index in [1.165, 1.54) is 0 Å². The summed E-state index contributed by atoms with van der Waals surface area (Å²) in [5, 5.41) is 7.19. The normalized spacial score (nSPS) is 12.0. The number of hydrogen-bond donors (Lipinski definition) is 2. The van der Waals surface area contributed by atoms with Crippen molar-refractivity contribution in [1.29, 1.82) is 0 Å². The highest BCUT2D eigenvalue weighted by molar-refractivity contribution is 6.01. The summed E-state index contributed by atoms with van der Waals surface area (Å²) in [4.78, 5) is 26.7. The lowest BCUT2D eigenvalue weighted by Gasteiger charge is -2.31. The van der Waals surface area contributed by atoms with E-state index in [4.69, 9.17) is 24.5 Å². The van der Waals surface area contributed by atoms with E-state index in [-0.39, 0.29) is 23.9 Å². The third-order valence-corrected chi connectivity index (χ3v) is 5.92. The van der Waals surface area contributed by atoms with Crippen molar-refractivity contribution in [3.63, 3.8) is 0 Å². The van der Waals surface area contributed by atoms with Gasteiger partial charge in [0, 0.05) is 17.6 Å². The number of hydrogen-bond acceptors (Lipinski definition) is 8. The number of aromatic nitrogens is 1. The molecule has 1 aromatic heterocycles. The molecule has 0 bridgehead atoms. The molecule has 38 heavy (non-hydrogen) atoms. The van der Waals surface area contributed by atoms with Crippen molar-refractivity contribution in [2.75, 3.05) is 25.6 Å². The summed E-state index contributed by atoms with van der Waals surface area (Å²) in [7, 11) is 1.56. The van der Waals surface area contributed by atoms with Gasteiger partial charge in [-0.15, -0.1) is 0 Å². The van der Waals surface area contributed by atoms with Crippen LogP contribution in [0.2, 0.25) is 0 Å². The fourth-order valence-electron chi connectivity index (χ4n) is 4.04. The number of fused-ring (bicyclic) bond motifs is 1. The first-order valence-corrected chi connectivity index (χ1v) is 12.8. The number of amides is 2. The zero-order chi connectivity index (χ0) is 27.8. The van der Waals surface area contributed by atoms with Crippen molar-refractivity contribution in [2.24, 2.45) is 5.73 Å². The van der Waals surface area contributed by atoms with E-state index in [0.717, 1.165) is 12.8 Å². The van der Waals surface area contributed by atoms with Gasteiger partial charge in [0.05, 0.1) is 31.8 Å². The highest BCUT2D eigenvalue weighted by Crippen LogP contribution is 2.30. The molecule has 2 aromatic carbocycles. The Hall–Kier alpha value is -3.79. The molecule has 3 rings (SSSR count). The summed E-state index contributed by atoms with van der Waals surface area (Å²) in [6, 6.07) is 10.1. The van der Waals surface area contributed by atoms with Gasteiger partial charge in [0.1, 0.15) is 5.75 Å². The molecule has 0 radical (unpaired) electrons. The predicted octanol–water partition coefficient (Wildman–Crippen LogP) is 4.62. The minimum Gasteiger partial charge on any atom is -0.494 e. The number of unbranched alkanes of at least 4 members (excludes halogenated alkanes) is 1. The molecular weight excluding hydrogens is 488 g/mol. The number of rotatable bonds is 13. The molecule has 1 atom stereocenters. The molecule has 0 unspecified atom stereocenters. The number of carbonyl (C=O) groups is 2. The van der Waals surface area contributed by atoms with Crippen LogP contribution in [0, 0.1) is 0 Å². The smallest absolute Gasteiger partial charge is 0.254 e. The highest BCUT2D eigenvalue weighted by Gasteiger charge is 2.23. The maximum absolute atomic E-state index is 13.0. The van der Waals surface area contributed by atoms with Crippen LogP contribution in [0.15, 0.2) is 40.9 Å². The third-order valence-electron chi connectivity index (χ3n) is 5.92. The third kappa shape index (κ3) is 7.16. The van der Waals surface area contributed by atoms with Gasteiger partial charge in [-0.2, -0.15) is 0 Å². The summed E-state index contributed by atoms with van der Waals surface area (Å²) in [5.41, 5.74) is 6.71. The minimum atomic E-state index is -0.663.